The summed E-state index contributed by atoms with van der Waals surface area (Å²) in [6, 6.07) is 63.7. The minimum atomic E-state index is -0.215. The van der Waals surface area contributed by atoms with Crippen LogP contribution in [0.25, 0.3) is 33.2 Å². The minimum Gasteiger partial charge on any atom is -0.440 e. The summed E-state index contributed by atoms with van der Waals surface area (Å²) in [4.78, 5) is 8.07. The molecule has 0 saturated heterocycles. The lowest BCUT2D eigenvalue weighted by atomic mass is 9.33. The first-order valence-corrected chi connectivity index (χ1v) is 30.9. The highest BCUT2D eigenvalue weighted by Gasteiger charge is 2.62. The number of nitrogens with zero attached hydrogens (tertiary/aromatic N) is 3. The van der Waals surface area contributed by atoms with E-state index in [-0.39, 0.29) is 44.7 Å². The van der Waals surface area contributed by atoms with E-state index in [0.29, 0.717) is 0 Å². The van der Waals surface area contributed by atoms with Crippen LogP contribution in [0, 0.1) is 0 Å². The molecule has 3 aliphatic heterocycles. The fraction of sp³-hybridized carbons (Fsp3) is 0.359. The van der Waals surface area contributed by atoms with Gasteiger partial charge in [-0.05, 0) is 157 Å². The van der Waals surface area contributed by atoms with Crippen molar-refractivity contribution in [3.63, 3.8) is 0 Å². The van der Waals surface area contributed by atoms with Gasteiger partial charge in [-0.25, -0.2) is 0 Å². The fourth-order valence-corrected chi connectivity index (χ4v) is 14.7. The van der Waals surface area contributed by atoms with Gasteiger partial charge in [-0.3, -0.25) is 4.90 Å². The molecule has 4 heterocycles. The number of hydrogen-bond acceptors (Lipinski definition) is 4. The van der Waals surface area contributed by atoms with Gasteiger partial charge in [-0.2, -0.15) is 0 Å². The zero-order valence-corrected chi connectivity index (χ0v) is 52.7. The van der Waals surface area contributed by atoms with Crippen molar-refractivity contribution >= 4 is 79.8 Å². The van der Waals surface area contributed by atoms with Crippen LogP contribution in [-0.2, 0) is 32.5 Å². The predicted molar refractivity (Wildman–Crippen MR) is 357 cm³/mol. The molecule has 0 bridgehead atoms. The van der Waals surface area contributed by atoms with E-state index in [4.69, 9.17) is 4.42 Å². The van der Waals surface area contributed by atoms with Crippen molar-refractivity contribution in [2.45, 2.75) is 181 Å². The van der Waals surface area contributed by atoms with Crippen LogP contribution in [0.2, 0.25) is 0 Å². The van der Waals surface area contributed by atoms with Crippen LogP contribution >= 0.6 is 0 Å². The Morgan fingerprint density at radius 3 is 1.45 bits per heavy atom. The molecule has 4 aliphatic rings. The van der Waals surface area contributed by atoms with Gasteiger partial charge in [0.2, 0.25) is 5.88 Å². The van der Waals surface area contributed by atoms with E-state index in [1.54, 1.807) is 0 Å². The SMILES string of the molecule is CC(C)(C)c1ccc(N(c2ccc(C(C)(C)C)cc2)c2cc3c4c(c2)N2c5c(cc(C(C)(C)C)cc5C5(C)CCCCC25C)B4c2c(oc4cc(C(C)(C)C)ccc24)N3c2c(-c3ccccc3)cc(C(C)(C)C)cc2-c2ccccc2)cc1. The van der Waals surface area contributed by atoms with Crippen molar-refractivity contribution in [1.29, 1.82) is 0 Å². The third-order valence-electron chi connectivity index (χ3n) is 20.0. The molecule has 9 aromatic rings. The number of benzene rings is 8. The molecule has 5 heteroatoms. The summed E-state index contributed by atoms with van der Waals surface area (Å²) in [7, 11) is 0. The van der Waals surface area contributed by atoms with E-state index in [9.17, 15) is 0 Å². The second-order valence-electron chi connectivity index (χ2n) is 30.6. The Balaban J connectivity index is 1.24. The summed E-state index contributed by atoms with van der Waals surface area (Å²) >= 11 is 0. The Morgan fingerprint density at radius 1 is 0.446 bits per heavy atom. The highest BCUT2D eigenvalue weighted by Crippen LogP contribution is 2.63. The Bertz CT molecular complexity index is 3900. The Kier molecular flexibility index (Phi) is 12.3. The number of hydrogen-bond donors (Lipinski definition) is 0. The van der Waals surface area contributed by atoms with E-state index < -0.39 is 0 Å². The van der Waals surface area contributed by atoms with Crippen LogP contribution in [-0.4, -0.2) is 12.3 Å². The molecular weight excluding hydrogens is 1010 g/mol. The zero-order chi connectivity index (χ0) is 58.7. The van der Waals surface area contributed by atoms with Crippen molar-refractivity contribution in [3.8, 4) is 22.3 Å². The van der Waals surface area contributed by atoms with E-state index >= 15 is 0 Å². The zero-order valence-electron chi connectivity index (χ0n) is 52.7. The molecule has 1 fully saturated rings. The summed E-state index contributed by atoms with van der Waals surface area (Å²) in [5, 5.41) is 1.17. The Morgan fingerprint density at radius 2 is 0.928 bits per heavy atom. The summed E-state index contributed by atoms with van der Waals surface area (Å²) < 4.78 is 7.90. The van der Waals surface area contributed by atoms with Gasteiger partial charge in [0.1, 0.15) is 5.58 Å². The van der Waals surface area contributed by atoms with Crippen LogP contribution < -0.4 is 31.1 Å². The maximum absolute atomic E-state index is 7.90. The quantitative estimate of drug-likeness (QED) is 0.155. The first kappa shape index (κ1) is 55.0. The number of furan rings is 1. The predicted octanol–water partition coefficient (Wildman–Crippen LogP) is 20.1. The van der Waals surface area contributed by atoms with Gasteiger partial charge in [-0.1, -0.05) is 233 Å². The van der Waals surface area contributed by atoms with Gasteiger partial charge >= 0.3 is 0 Å². The van der Waals surface area contributed by atoms with E-state index in [1.165, 1.54) is 102 Å². The number of anilines is 8. The third-order valence-corrected chi connectivity index (χ3v) is 20.0. The lowest BCUT2D eigenvalue weighted by Crippen LogP contribution is -2.64. The molecule has 1 aromatic heterocycles. The molecule has 0 N–H and O–H groups in total. The smallest absolute Gasteiger partial charge is 0.257 e. The highest BCUT2D eigenvalue weighted by molar-refractivity contribution is 7.01. The average molecular weight is 1090 g/mol. The molecule has 422 valence electrons. The molecule has 2 atom stereocenters. The first-order valence-electron chi connectivity index (χ1n) is 30.9. The Labute approximate surface area is 497 Å². The molecular formula is C78H86BN3O. The maximum atomic E-state index is 7.90. The highest BCUT2D eigenvalue weighted by atomic mass is 16.4. The van der Waals surface area contributed by atoms with Gasteiger partial charge in [-0.15, -0.1) is 0 Å². The molecule has 0 radical (unpaired) electrons. The molecule has 4 nitrogen and oxygen atoms in total. The van der Waals surface area contributed by atoms with E-state index in [0.717, 1.165) is 52.7 Å². The largest absolute Gasteiger partial charge is 0.440 e. The minimum absolute atomic E-state index is 0.00752. The standard InChI is InChI=1S/C78H86BN3O/c1-72(2,3)51-30-35-56(36-31-51)80(57-37-32-52(33-38-57)73(4,5)6)58-47-64-68-65(48-58)82-70-62(77(16)40-24-25-41-78(77,82)17)44-55(76(13,14)15)45-63(70)79(68)67-59-39-34-53(74(7,8)9)46-66(59)83-71(67)81(64)69-60(49-26-20-18-21-27-49)42-54(75(10,11)12)43-61(69)50-28-22-19-23-29-50/h18-23,26-39,42-48H,24-25,40-41H2,1-17H3. The molecule has 1 aliphatic carbocycles. The first-order chi connectivity index (χ1) is 39.1. The van der Waals surface area contributed by atoms with Crippen LogP contribution in [0.1, 0.15) is 177 Å². The molecule has 83 heavy (non-hydrogen) atoms. The third kappa shape index (κ3) is 8.66. The van der Waals surface area contributed by atoms with Crippen LogP contribution in [0.15, 0.2) is 168 Å². The number of fused-ring (bicyclic) bond motifs is 9. The van der Waals surface area contributed by atoms with Crippen molar-refractivity contribution in [1.82, 2.24) is 0 Å². The molecule has 1 saturated carbocycles. The molecule has 0 amide bonds. The average Bonchev–Trinajstić information content (AvgIpc) is 1.59. The normalized spacial score (nSPS) is 18.5. The lowest BCUT2D eigenvalue weighted by Gasteiger charge is -2.52. The fourth-order valence-electron chi connectivity index (χ4n) is 14.7. The molecule has 13 rings (SSSR count). The molecule has 8 aromatic carbocycles. The second kappa shape index (κ2) is 18.6. The second-order valence-corrected chi connectivity index (χ2v) is 30.6. The summed E-state index contributed by atoms with van der Waals surface area (Å²) in [5.41, 5.74) is 25.3. The van der Waals surface area contributed by atoms with Gasteiger partial charge < -0.3 is 14.2 Å². The van der Waals surface area contributed by atoms with Crippen LogP contribution in [0.5, 0.6) is 0 Å². The summed E-state index contributed by atoms with van der Waals surface area (Å²) in [6.45, 7) is 40.2. The van der Waals surface area contributed by atoms with Gasteiger partial charge in [0.05, 0.1) is 16.9 Å². The molecule has 0 spiro atoms. The van der Waals surface area contributed by atoms with Crippen molar-refractivity contribution in [3.05, 3.63) is 197 Å². The number of rotatable bonds is 6. The van der Waals surface area contributed by atoms with Gasteiger partial charge in [0.25, 0.3) is 6.71 Å². The maximum Gasteiger partial charge on any atom is 0.257 e. The molecule has 2 unspecified atom stereocenters. The van der Waals surface area contributed by atoms with Gasteiger partial charge in [0.15, 0.2) is 0 Å². The Hall–Kier alpha value is -7.24. The van der Waals surface area contributed by atoms with Crippen molar-refractivity contribution in [2.75, 3.05) is 14.7 Å². The van der Waals surface area contributed by atoms with Crippen LogP contribution in [0.3, 0.4) is 0 Å². The van der Waals surface area contributed by atoms with Crippen molar-refractivity contribution < 1.29 is 4.42 Å². The van der Waals surface area contributed by atoms with Gasteiger partial charge in [0, 0.05) is 55.8 Å². The summed E-state index contributed by atoms with van der Waals surface area (Å²) in [6.07, 6.45) is 4.65. The van der Waals surface area contributed by atoms with E-state index in [1.807, 2.05) is 0 Å². The lowest BCUT2D eigenvalue weighted by molar-refractivity contribution is 0.195. The van der Waals surface area contributed by atoms with E-state index in [2.05, 4.69) is 296 Å². The van der Waals surface area contributed by atoms with Crippen molar-refractivity contribution in [2.24, 2.45) is 0 Å². The summed E-state index contributed by atoms with van der Waals surface area (Å²) in [5.74, 6) is 0.885. The topological polar surface area (TPSA) is 22.9 Å². The monoisotopic (exact) mass is 1090 g/mol. The van der Waals surface area contributed by atoms with Crippen LogP contribution in [0.4, 0.5) is 45.7 Å².